The minimum atomic E-state index is -0.261. The van der Waals surface area contributed by atoms with Gasteiger partial charge < -0.3 is 5.32 Å². The number of hydrogen-bond donors (Lipinski definition) is 2. The SMILES string of the molecule is Cc1nc(NC(=S)NC(=O)c2cccc3c(Br)cccc23)ccc1I. The lowest BCUT2D eigenvalue weighted by molar-refractivity contribution is 0.0979. The molecule has 0 bridgehead atoms. The summed E-state index contributed by atoms with van der Waals surface area (Å²) < 4.78 is 2.01. The number of fused-ring (bicyclic) bond motifs is 1. The number of aromatic nitrogens is 1. The van der Waals surface area contributed by atoms with Crippen molar-refractivity contribution in [3.8, 4) is 0 Å². The molecule has 25 heavy (non-hydrogen) atoms. The maximum absolute atomic E-state index is 12.6. The Balaban J connectivity index is 1.79. The van der Waals surface area contributed by atoms with Crippen molar-refractivity contribution in [2.45, 2.75) is 6.92 Å². The first-order valence-corrected chi connectivity index (χ1v) is 9.66. The molecular weight excluding hydrogens is 513 g/mol. The Hall–Kier alpha value is -1.58. The number of nitrogens with zero attached hydrogens (tertiary/aromatic N) is 1. The Bertz CT molecular complexity index is 993. The van der Waals surface area contributed by atoms with Crippen LogP contribution in [-0.4, -0.2) is 16.0 Å². The molecule has 0 aliphatic carbocycles. The summed E-state index contributed by atoms with van der Waals surface area (Å²) in [5.41, 5.74) is 1.47. The molecule has 126 valence electrons. The zero-order chi connectivity index (χ0) is 18.0. The van der Waals surface area contributed by atoms with Crippen molar-refractivity contribution in [1.29, 1.82) is 0 Å². The Labute approximate surface area is 172 Å². The van der Waals surface area contributed by atoms with Gasteiger partial charge in [-0.25, -0.2) is 4.98 Å². The molecule has 0 aliphatic heterocycles. The van der Waals surface area contributed by atoms with E-state index in [4.69, 9.17) is 12.2 Å². The van der Waals surface area contributed by atoms with Gasteiger partial charge in [0.15, 0.2) is 5.11 Å². The van der Waals surface area contributed by atoms with E-state index in [0.29, 0.717) is 11.4 Å². The van der Waals surface area contributed by atoms with Crippen molar-refractivity contribution in [1.82, 2.24) is 10.3 Å². The highest BCUT2D eigenvalue weighted by atomic mass is 127. The summed E-state index contributed by atoms with van der Waals surface area (Å²) in [7, 11) is 0. The summed E-state index contributed by atoms with van der Waals surface area (Å²) in [6, 6.07) is 15.1. The van der Waals surface area contributed by atoms with Gasteiger partial charge >= 0.3 is 0 Å². The van der Waals surface area contributed by atoms with E-state index in [0.717, 1.165) is 24.5 Å². The van der Waals surface area contributed by atoms with Crippen LogP contribution in [0.1, 0.15) is 16.1 Å². The number of hydrogen-bond acceptors (Lipinski definition) is 3. The van der Waals surface area contributed by atoms with Crippen LogP contribution < -0.4 is 10.6 Å². The lowest BCUT2D eigenvalue weighted by atomic mass is 10.0. The van der Waals surface area contributed by atoms with Gasteiger partial charge in [0, 0.05) is 13.6 Å². The molecule has 0 aliphatic rings. The molecule has 7 heteroatoms. The van der Waals surface area contributed by atoms with Crippen LogP contribution >= 0.6 is 50.7 Å². The van der Waals surface area contributed by atoms with Gasteiger partial charge in [-0.05, 0) is 76.8 Å². The van der Waals surface area contributed by atoms with E-state index in [1.807, 2.05) is 49.4 Å². The van der Waals surface area contributed by atoms with Crippen LogP contribution in [0.4, 0.5) is 5.82 Å². The lowest BCUT2D eigenvalue weighted by Gasteiger charge is -2.11. The molecule has 0 radical (unpaired) electrons. The number of amides is 1. The quantitative estimate of drug-likeness (QED) is 0.363. The molecule has 4 nitrogen and oxygen atoms in total. The summed E-state index contributed by atoms with van der Waals surface area (Å²) in [6.07, 6.45) is 0. The molecule has 0 atom stereocenters. The van der Waals surface area contributed by atoms with Crippen LogP contribution in [0.3, 0.4) is 0 Å². The predicted octanol–water partition coefficient (Wildman–Crippen LogP) is 5.04. The average molecular weight is 526 g/mol. The van der Waals surface area contributed by atoms with E-state index in [-0.39, 0.29) is 11.0 Å². The Morgan fingerprint density at radius 2 is 1.84 bits per heavy atom. The van der Waals surface area contributed by atoms with Crippen LogP contribution in [0.2, 0.25) is 0 Å². The van der Waals surface area contributed by atoms with Crippen molar-refractivity contribution >= 4 is 78.3 Å². The Morgan fingerprint density at radius 3 is 2.60 bits per heavy atom. The number of nitrogens with one attached hydrogen (secondary N) is 2. The Kier molecular flexibility index (Phi) is 5.65. The minimum absolute atomic E-state index is 0.213. The predicted molar refractivity (Wildman–Crippen MR) is 117 cm³/mol. The first kappa shape index (κ1) is 18.2. The number of carbonyl (C=O) groups excluding carboxylic acids is 1. The third kappa shape index (κ3) is 4.16. The fourth-order valence-electron chi connectivity index (χ4n) is 2.40. The summed E-state index contributed by atoms with van der Waals surface area (Å²) >= 11 is 11.0. The third-order valence-electron chi connectivity index (χ3n) is 3.60. The molecule has 0 spiro atoms. The second-order valence-corrected chi connectivity index (χ2v) is 7.74. The van der Waals surface area contributed by atoms with Gasteiger partial charge in [0.05, 0.1) is 5.69 Å². The molecule has 1 aromatic heterocycles. The first-order chi connectivity index (χ1) is 12.0. The van der Waals surface area contributed by atoms with E-state index in [1.54, 1.807) is 6.07 Å². The van der Waals surface area contributed by atoms with Gasteiger partial charge in [0.25, 0.3) is 5.91 Å². The van der Waals surface area contributed by atoms with Crippen molar-refractivity contribution in [2.75, 3.05) is 5.32 Å². The molecule has 1 amide bonds. The van der Waals surface area contributed by atoms with Gasteiger partial charge in [-0.15, -0.1) is 0 Å². The molecule has 0 saturated heterocycles. The van der Waals surface area contributed by atoms with E-state index in [9.17, 15) is 4.79 Å². The van der Waals surface area contributed by atoms with E-state index in [1.165, 1.54) is 0 Å². The summed E-state index contributed by atoms with van der Waals surface area (Å²) in [6.45, 7) is 1.92. The van der Waals surface area contributed by atoms with Crippen LogP contribution in [0.15, 0.2) is 53.0 Å². The molecule has 3 rings (SSSR count). The zero-order valence-corrected chi connectivity index (χ0v) is 17.7. The normalized spacial score (nSPS) is 10.5. The summed E-state index contributed by atoms with van der Waals surface area (Å²) in [5.74, 6) is 0.340. The monoisotopic (exact) mass is 525 g/mol. The second-order valence-electron chi connectivity index (χ2n) is 5.31. The van der Waals surface area contributed by atoms with Gasteiger partial charge in [-0.1, -0.05) is 40.2 Å². The van der Waals surface area contributed by atoms with E-state index >= 15 is 0 Å². The Morgan fingerprint density at radius 1 is 1.12 bits per heavy atom. The highest BCUT2D eigenvalue weighted by Gasteiger charge is 2.13. The van der Waals surface area contributed by atoms with Crippen molar-refractivity contribution in [2.24, 2.45) is 0 Å². The van der Waals surface area contributed by atoms with Gasteiger partial charge in [0.2, 0.25) is 0 Å². The molecule has 0 fully saturated rings. The van der Waals surface area contributed by atoms with E-state index < -0.39 is 0 Å². The molecule has 2 N–H and O–H groups in total. The standard InChI is InChI=1S/C18H13BrIN3OS/c1-10-15(20)8-9-16(21-10)22-18(25)23-17(24)13-6-2-5-12-11(13)4-3-7-14(12)19/h2-9H,1H3,(H2,21,22,23,24,25). The number of anilines is 1. The third-order valence-corrected chi connectivity index (χ3v) is 5.64. The highest BCUT2D eigenvalue weighted by molar-refractivity contribution is 14.1. The number of thiocarbonyl (C=S) groups is 1. The fraction of sp³-hybridized carbons (Fsp3) is 0.0556. The summed E-state index contributed by atoms with van der Waals surface area (Å²) in [5, 5.41) is 7.71. The molecule has 3 aromatic rings. The molecule has 0 unspecified atom stereocenters. The number of halogens is 2. The average Bonchev–Trinajstić information content (AvgIpc) is 2.58. The first-order valence-electron chi connectivity index (χ1n) is 7.38. The van der Waals surface area contributed by atoms with Gasteiger partial charge in [0.1, 0.15) is 5.82 Å². The van der Waals surface area contributed by atoms with Gasteiger partial charge in [-0.3, -0.25) is 10.1 Å². The molecule has 0 saturated carbocycles. The van der Waals surface area contributed by atoms with Crippen LogP contribution in [-0.2, 0) is 0 Å². The molecule has 2 aromatic carbocycles. The highest BCUT2D eigenvalue weighted by Crippen LogP contribution is 2.26. The number of pyridine rings is 1. The van der Waals surface area contributed by atoms with Gasteiger partial charge in [-0.2, -0.15) is 0 Å². The topological polar surface area (TPSA) is 54.0 Å². The second kappa shape index (κ2) is 7.76. The van der Waals surface area contributed by atoms with Crippen molar-refractivity contribution in [3.05, 3.63) is 67.8 Å². The smallest absolute Gasteiger partial charge is 0.258 e. The lowest BCUT2D eigenvalue weighted by Crippen LogP contribution is -2.34. The largest absolute Gasteiger partial charge is 0.317 e. The van der Waals surface area contributed by atoms with Crippen LogP contribution in [0, 0.1) is 10.5 Å². The van der Waals surface area contributed by atoms with E-state index in [2.05, 4.69) is 54.1 Å². The molecule has 1 heterocycles. The number of rotatable bonds is 2. The van der Waals surface area contributed by atoms with Crippen molar-refractivity contribution < 1.29 is 4.79 Å². The molecular formula is C18H13BrIN3OS. The maximum atomic E-state index is 12.6. The summed E-state index contributed by atoms with van der Waals surface area (Å²) in [4.78, 5) is 17.0. The number of aryl methyl sites for hydroxylation is 1. The van der Waals surface area contributed by atoms with Crippen molar-refractivity contribution in [3.63, 3.8) is 0 Å². The number of benzene rings is 2. The maximum Gasteiger partial charge on any atom is 0.258 e. The fourth-order valence-corrected chi connectivity index (χ4v) is 3.40. The zero-order valence-electron chi connectivity index (χ0n) is 13.1. The minimum Gasteiger partial charge on any atom is -0.317 e. The van der Waals surface area contributed by atoms with Crippen LogP contribution in [0.5, 0.6) is 0 Å². The number of carbonyl (C=O) groups is 1. The van der Waals surface area contributed by atoms with Crippen LogP contribution in [0.25, 0.3) is 10.8 Å².